The molecule has 0 fully saturated rings. The first-order valence-corrected chi connectivity index (χ1v) is 7.27. The Hall–Kier alpha value is -1.19. The largest absolute Gasteiger partial charge is 1.00 e. The van der Waals surface area contributed by atoms with Crippen LogP contribution in [0.3, 0.4) is 0 Å². The van der Waals surface area contributed by atoms with Gasteiger partial charge in [0.25, 0.3) is 0 Å². The molecule has 0 saturated carbocycles. The SMILES string of the molecule is C=COC(=O)C(CC(=O)OCc1ccccc1)S(=O)(=O)[O-].[Na+]. The molecule has 0 radical (unpaired) electrons. The topological polar surface area (TPSA) is 110 Å². The minimum Gasteiger partial charge on any atom is -0.747 e. The van der Waals surface area contributed by atoms with E-state index in [1.165, 1.54) is 0 Å². The van der Waals surface area contributed by atoms with Crippen LogP contribution in [0.2, 0.25) is 0 Å². The summed E-state index contributed by atoms with van der Waals surface area (Å²) in [6.07, 6.45) is -0.235. The van der Waals surface area contributed by atoms with Gasteiger partial charge in [-0.1, -0.05) is 36.9 Å². The maximum absolute atomic E-state index is 11.5. The van der Waals surface area contributed by atoms with Crippen LogP contribution in [0.5, 0.6) is 0 Å². The molecule has 0 aliphatic heterocycles. The molecule has 9 heteroatoms. The third-order valence-corrected chi connectivity index (χ3v) is 3.46. The summed E-state index contributed by atoms with van der Waals surface area (Å²) in [6, 6.07) is 8.63. The van der Waals surface area contributed by atoms with Crippen molar-refractivity contribution in [3.05, 3.63) is 48.7 Å². The summed E-state index contributed by atoms with van der Waals surface area (Å²) in [7, 11) is -5.04. The van der Waals surface area contributed by atoms with Gasteiger partial charge in [0.2, 0.25) is 0 Å². The molecule has 7 nitrogen and oxygen atoms in total. The fraction of sp³-hybridized carbons (Fsp3) is 0.231. The number of carbonyl (C=O) groups excluding carboxylic acids is 2. The van der Waals surface area contributed by atoms with E-state index in [-0.39, 0.29) is 36.2 Å². The zero-order valence-corrected chi connectivity index (χ0v) is 14.7. The number of rotatable bonds is 7. The Kier molecular flexibility index (Phi) is 9.22. The minimum atomic E-state index is -5.04. The summed E-state index contributed by atoms with van der Waals surface area (Å²) in [4.78, 5) is 22.8. The Labute approximate surface area is 150 Å². The molecular formula is C13H13NaO7S. The predicted octanol–water partition coefficient (Wildman–Crippen LogP) is -2.28. The summed E-state index contributed by atoms with van der Waals surface area (Å²) in [6.45, 7) is 2.97. The van der Waals surface area contributed by atoms with E-state index in [1.807, 2.05) is 0 Å². The van der Waals surface area contributed by atoms with Crippen LogP contribution in [0.4, 0.5) is 0 Å². The smallest absolute Gasteiger partial charge is 0.747 e. The van der Waals surface area contributed by atoms with Gasteiger partial charge in [0.1, 0.15) is 16.7 Å². The molecule has 0 aromatic heterocycles. The van der Waals surface area contributed by atoms with Crippen molar-refractivity contribution in [1.82, 2.24) is 0 Å². The Morgan fingerprint density at radius 3 is 2.36 bits per heavy atom. The Balaban J connectivity index is 0.00000441. The third-order valence-electron chi connectivity index (χ3n) is 2.41. The number of benzene rings is 1. The van der Waals surface area contributed by atoms with E-state index < -0.39 is 33.7 Å². The van der Waals surface area contributed by atoms with Crippen LogP contribution in [0, 0.1) is 0 Å². The zero-order chi connectivity index (χ0) is 15.9. The van der Waals surface area contributed by atoms with Gasteiger partial charge in [-0.05, 0) is 5.56 Å². The molecular weight excluding hydrogens is 323 g/mol. The molecule has 0 bridgehead atoms. The van der Waals surface area contributed by atoms with Crippen molar-refractivity contribution in [3.8, 4) is 0 Å². The van der Waals surface area contributed by atoms with E-state index >= 15 is 0 Å². The number of hydrogen-bond acceptors (Lipinski definition) is 7. The van der Waals surface area contributed by atoms with Crippen molar-refractivity contribution >= 4 is 22.1 Å². The van der Waals surface area contributed by atoms with Gasteiger partial charge in [-0.25, -0.2) is 8.42 Å². The summed E-state index contributed by atoms with van der Waals surface area (Å²) in [5, 5.41) is -2.15. The molecule has 114 valence electrons. The maximum Gasteiger partial charge on any atom is 1.00 e. The summed E-state index contributed by atoms with van der Waals surface area (Å²) >= 11 is 0. The van der Waals surface area contributed by atoms with Gasteiger partial charge in [-0.15, -0.1) is 0 Å². The van der Waals surface area contributed by atoms with Crippen LogP contribution < -0.4 is 29.6 Å². The second kappa shape index (κ2) is 9.75. The fourth-order valence-electron chi connectivity index (χ4n) is 1.41. The molecule has 0 saturated heterocycles. The van der Waals surface area contributed by atoms with Gasteiger partial charge in [0.05, 0.1) is 12.7 Å². The molecule has 0 spiro atoms. The van der Waals surface area contributed by atoms with Crippen LogP contribution in [0.15, 0.2) is 43.2 Å². The van der Waals surface area contributed by atoms with E-state index in [1.54, 1.807) is 30.3 Å². The van der Waals surface area contributed by atoms with Crippen molar-refractivity contribution < 1.29 is 61.6 Å². The van der Waals surface area contributed by atoms with Crippen LogP contribution in [0.1, 0.15) is 12.0 Å². The van der Waals surface area contributed by atoms with Crippen molar-refractivity contribution in [2.24, 2.45) is 0 Å². The van der Waals surface area contributed by atoms with E-state index in [0.717, 1.165) is 0 Å². The first kappa shape index (κ1) is 20.8. The van der Waals surface area contributed by atoms with Crippen molar-refractivity contribution in [2.75, 3.05) is 0 Å². The molecule has 0 heterocycles. The van der Waals surface area contributed by atoms with Gasteiger partial charge in [0.15, 0.2) is 5.25 Å². The average Bonchev–Trinajstić information content (AvgIpc) is 2.42. The molecule has 1 unspecified atom stereocenters. The second-order valence-corrected chi connectivity index (χ2v) is 5.49. The van der Waals surface area contributed by atoms with Crippen LogP contribution in [-0.4, -0.2) is 30.2 Å². The molecule has 1 aromatic rings. The molecule has 1 rings (SSSR count). The first-order valence-electron chi connectivity index (χ1n) is 5.80. The monoisotopic (exact) mass is 336 g/mol. The van der Waals surface area contributed by atoms with Crippen molar-refractivity contribution in [1.29, 1.82) is 0 Å². The molecule has 0 amide bonds. The van der Waals surface area contributed by atoms with E-state index in [9.17, 15) is 22.6 Å². The van der Waals surface area contributed by atoms with Crippen molar-refractivity contribution in [2.45, 2.75) is 18.3 Å². The number of ether oxygens (including phenoxy) is 2. The Morgan fingerprint density at radius 2 is 1.86 bits per heavy atom. The van der Waals surface area contributed by atoms with E-state index in [4.69, 9.17) is 4.74 Å². The number of carbonyl (C=O) groups is 2. The van der Waals surface area contributed by atoms with Gasteiger partial charge in [-0.2, -0.15) is 0 Å². The van der Waals surface area contributed by atoms with Crippen LogP contribution >= 0.6 is 0 Å². The van der Waals surface area contributed by atoms with Crippen molar-refractivity contribution in [3.63, 3.8) is 0 Å². The van der Waals surface area contributed by atoms with Gasteiger partial charge >= 0.3 is 41.5 Å². The van der Waals surface area contributed by atoms with Gasteiger partial charge in [0, 0.05) is 0 Å². The molecule has 22 heavy (non-hydrogen) atoms. The second-order valence-electron chi connectivity index (χ2n) is 3.94. The summed E-state index contributed by atoms with van der Waals surface area (Å²) in [5.41, 5.74) is 0.682. The number of hydrogen-bond donors (Lipinski definition) is 0. The predicted molar refractivity (Wildman–Crippen MR) is 70.6 cm³/mol. The summed E-state index contributed by atoms with van der Waals surface area (Å²) < 4.78 is 41.9. The van der Waals surface area contributed by atoms with Gasteiger partial charge in [-0.3, -0.25) is 9.59 Å². The Morgan fingerprint density at radius 1 is 1.27 bits per heavy atom. The fourth-order valence-corrected chi connectivity index (χ4v) is 2.04. The third kappa shape index (κ3) is 7.19. The minimum absolute atomic E-state index is 0. The molecule has 0 aliphatic rings. The van der Waals surface area contributed by atoms with Crippen LogP contribution in [0.25, 0.3) is 0 Å². The maximum atomic E-state index is 11.5. The first-order chi connectivity index (χ1) is 9.84. The van der Waals surface area contributed by atoms with E-state index in [2.05, 4.69) is 11.3 Å². The summed E-state index contributed by atoms with van der Waals surface area (Å²) in [5.74, 6) is -2.36. The normalized spacial score (nSPS) is 11.7. The molecule has 1 aromatic carbocycles. The number of esters is 2. The average molecular weight is 336 g/mol. The van der Waals surface area contributed by atoms with Crippen LogP contribution in [-0.2, 0) is 35.8 Å². The molecule has 0 N–H and O–H groups in total. The zero-order valence-electron chi connectivity index (χ0n) is 11.9. The van der Waals surface area contributed by atoms with E-state index in [0.29, 0.717) is 11.8 Å². The standard InChI is InChI=1S/C13H14O7S.Na/c1-2-19-13(15)11(21(16,17)18)8-12(14)20-9-10-6-4-3-5-7-10;/h2-7,11H,1,8-9H2,(H,16,17,18);/q;+1/p-1. The Bertz CT molecular complexity index is 613. The molecule has 0 aliphatic carbocycles. The quantitative estimate of drug-likeness (QED) is 0.239. The van der Waals surface area contributed by atoms with Gasteiger partial charge < -0.3 is 14.0 Å². The molecule has 1 atom stereocenters.